The van der Waals surface area contributed by atoms with Gasteiger partial charge in [-0.05, 0) is 37.6 Å². The number of nitrogens with zero attached hydrogens (tertiary/aromatic N) is 2. The SMILES string of the molecule is CCC(C)NC(=O)N1CCN(CC(=O)c2ccc(Cl)cc2)CC1. The predicted molar refractivity (Wildman–Crippen MR) is 92.1 cm³/mol. The van der Waals surface area contributed by atoms with Crippen molar-refractivity contribution < 1.29 is 9.59 Å². The molecule has 2 amide bonds. The van der Waals surface area contributed by atoms with E-state index in [9.17, 15) is 9.59 Å². The molecule has 2 rings (SSSR count). The first-order valence-electron chi connectivity index (χ1n) is 8.06. The summed E-state index contributed by atoms with van der Waals surface area (Å²) in [6.07, 6.45) is 0.918. The average Bonchev–Trinajstić information content (AvgIpc) is 2.55. The Bertz CT molecular complexity index is 539. The van der Waals surface area contributed by atoms with Gasteiger partial charge in [-0.3, -0.25) is 9.69 Å². The number of hydrogen-bond acceptors (Lipinski definition) is 3. The molecule has 23 heavy (non-hydrogen) atoms. The lowest BCUT2D eigenvalue weighted by atomic mass is 10.1. The summed E-state index contributed by atoms with van der Waals surface area (Å²) in [4.78, 5) is 28.2. The van der Waals surface area contributed by atoms with E-state index in [2.05, 4.69) is 10.2 Å². The molecular formula is C17H24ClN3O2. The second-order valence-corrected chi connectivity index (χ2v) is 6.39. The van der Waals surface area contributed by atoms with Gasteiger partial charge in [0.1, 0.15) is 0 Å². The zero-order valence-electron chi connectivity index (χ0n) is 13.7. The molecule has 1 saturated heterocycles. The van der Waals surface area contributed by atoms with E-state index < -0.39 is 0 Å². The van der Waals surface area contributed by atoms with Crippen molar-refractivity contribution in [3.05, 3.63) is 34.9 Å². The summed E-state index contributed by atoms with van der Waals surface area (Å²) in [5.41, 5.74) is 0.673. The number of amides is 2. The number of nitrogens with one attached hydrogen (secondary N) is 1. The fraction of sp³-hybridized carbons (Fsp3) is 0.529. The quantitative estimate of drug-likeness (QED) is 0.840. The van der Waals surface area contributed by atoms with E-state index in [0.717, 1.165) is 6.42 Å². The standard InChI is InChI=1S/C17H24ClN3O2/c1-3-13(2)19-17(23)21-10-8-20(9-11-21)12-16(22)14-4-6-15(18)7-5-14/h4-7,13H,3,8-12H2,1-2H3,(H,19,23). The first-order valence-corrected chi connectivity index (χ1v) is 8.44. The van der Waals surface area contributed by atoms with Gasteiger partial charge in [-0.2, -0.15) is 0 Å². The summed E-state index contributed by atoms with van der Waals surface area (Å²) in [5.74, 6) is 0.0826. The third-order valence-corrected chi connectivity index (χ3v) is 4.43. The minimum absolute atomic E-state index is 0.0111. The summed E-state index contributed by atoms with van der Waals surface area (Å²) in [6, 6.07) is 7.13. The molecule has 6 heteroatoms. The van der Waals surface area contributed by atoms with Gasteiger partial charge in [-0.15, -0.1) is 0 Å². The van der Waals surface area contributed by atoms with Crippen molar-refractivity contribution in [2.75, 3.05) is 32.7 Å². The summed E-state index contributed by atoms with van der Waals surface area (Å²) >= 11 is 5.84. The highest BCUT2D eigenvalue weighted by molar-refractivity contribution is 6.30. The number of carbonyl (C=O) groups excluding carboxylic acids is 2. The van der Waals surface area contributed by atoms with Gasteiger partial charge >= 0.3 is 6.03 Å². The average molecular weight is 338 g/mol. The van der Waals surface area contributed by atoms with Gasteiger partial charge < -0.3 is 10.2 Å². The molecule has 0 radical (unpaired) electrons. The molecule has 1 aliphatic heterocycles. The molecule has 0 spiro atoms. The summed E-state index contributed by atoms with van der Waals surface area (Å²) in [7, 11) is 0. The number of carbonyl (C=O) groups is 2. The summed E-state index contributed by atoms with van der Waals surface area (Å²) in [6.45, 7) is 7.15. The molecule has 1 aromatic rings. The Balaban J connectivity index is 1.79. The maximum absolute atomic E-state index is 12.2. The Kier molecular flexibility index (Phi) is 6.42. The summed E-state index contributed by atoms with van der Waals surface area (Å²) in [5, 5.41) is 3.60. The second-order valence-electron chi connectivity index (χ2n) is 5.95. The maximum Gasteiger partial charge on any atom is 0.317 e. The van der Waals surface area contributed by atoms with E-state index in [0.29, 0.717) is 43.3 Å². The van der Waals surface area contributed by atoms with Crippen LogP contribution < -0.4 is 5.32 Å². The number of hydrogen-bond donors (Lipinski definition) is 1. The van der Waals surface area contributed by atoms with Gasteiger partial charge in [0.2, 0.25) is 0 Å². The molecule has 1 unspecified atom stereocenters. The Morgan fingerprint density at radius 1 is 1.17 bits per heavy atom. The lowest BCUT2D eigenvalue weighted by Crippen LogP contribution is -2.53. The van der Waals surface area contributed by atoms with Gasteiger partial charge in [0.15, 0.2) is 5.78 Å². The molecule has 1 aliphatic rings. The molecule has 5 nitrogen and oxygen atoms in total. The highest BCUT2D eigenvalue weighted by atomic mass is 35.5. The fourth-order valence-corrected chi connectivity index (χ4v) is 2.57. The molecule has 126 valence electrons. The van der Waals surface area contributed by atoms with E-state index >= 15 is 0 Å². The third-order valence-electron chi connectivity index (χ3n) is 4.18. The molecule has 0 saturated carbocycles. The first-order chi connectivity index (χ1) is 11.0. The lowest BCUT2D eigenvalue weighted by Gasteiger charge is -2.34. The van der Waals surface area contributed by atoms with Crippen LogP contribution in [0.1, 0.15) is 30.6 Å². The lowest BCUT2D eigenvalue weighted by molar-refractivity contribution is 0.0877. The van der Waals surface area contributed by atoms with Crippen LogP contribution in [0.2, 0.25) is 5.02 Å². The van der Waals surface area contributed by atoms with Crippen molar-refractivity contribution in [1.82, 2.24) is 15.1 Å². The maximum atomic E-state index is 12.2. The van der Waals surface area contributed by atoms with Gasteiger partial charge in [0, 0.05) is 42.8 Å². The fourth-order valence-electron chi connectivity index (χ4n) is 2.44. The van der Waals surface area contributed by atoms with E-state index in [1.807, 2.05) is 18.7 Å². The number of rotatable bonds is 5. The minimum Gasteiger partial charge on any atom is -0.336 e. The third kappa shape index (κ3) is 5.22. The van der Waals surface area contributed by atoms with Gasteiger partial charge in [0.05, 0.1) is 6.54 Å². The highest BCUT2D eigenvalue weighted by Gasteiger charge is 2.23. The number of benzene rings is 1. The number of ketones is 1. The first kappa shape index (κ1) is 17.8. The van der Waals surface area contributed by atoms with Crippen LogP contribution in [0.15, 0.2) is 24.3 Å². The Morgan fingerprint density at radius 2 is 1.78 bits per heavy atom. The molecule has 1 aromatic carbocycles. The van der Waals surface area contributed by atoms with Crippen LogP contribution >= 0.6 is 11.6 Å². The van der Waals surface area contributed by atoms with Gasteiger partial charge in [0.25, 0.3) is 0 Å². The molecule has 0 aromatic heterocycles. The van der Waals surface area contributed by atoms with E-state index in [-0.39, 0.29) is 17.9 Å². The van der Waals surface area contributed by atoms with E-state index in [4.69, 9.17) is 11.6 Å². The van der Waals surface area contributed by atoms with Crippen LogP contribution in [0.3, 0.4) is 0 Å². The van der Waals surface area contributed by atoms with E-state index in [1.165, 1.54) is 0 Å². The Labute approximate surface area is 142 Å². The number of urea groups is 1. The van der Waals surface area contributed by atoms with Crippen LogP contribution in [-0.2, 0) is 0 Å². The topological polar surface area (TPSA) is 52.7 Å². The molecule has 1 N–H and O–H groups in total. The molecule has 1 atom stereocenters. The molecule has 0 bridgehead atoms. The van der Waals surface area contributed by atoms with Gasteiger partial charge in [-0.25, -0.2) is 4.79 Å². The van der Waals surface area contributed by atoms with Crippen LogP contribution in [0.4, 0.5) is 4.79 Å². The smallest absolute Gasteiger partial charge is 0.317 e. The van der Waals surface area contributed by atoms with Crippen molar-refractivity contribution in [2.24, 2.45) is 0 Å². The normalized spacial score (nSPS) is 16.9. The molecule has 0 aliphatic carbocycles. The molecule has 1 fully saturated rings. The van der Waals surface area contributed by atoms with Crippen molar-refractivity contribution in [3.8, 4) is 0 Å². The zero-order chi connectivity index (χ0) is 16.8. The van der Waals surface area contributed by atoms with Crippen LogP contribution in [0.5, 0.6) is 0 Å². The van der Waals surface area contributed by atoms with Crippen molar-refractivity contribution >= 4 is 23.4 Å². The minimum atomic E-state index is -0.0111. The van der Waals surface area contributed by atoms with Crippen molar-refractivity contribution in [3.63, 3.8) is 0 Å². The van der Waals surface area contributed by atoms with Crippen LogP contribution in [0.25, 0.3) is 0 Å². The predicted octanol–water partition coefficient (Wildman–Crippen LogP) is 2.65. The van der Waals surface area contributed by atoms with E-state index in [1.54, 1.807) is 24.3 Å². The Morgan fingerprint density at radius 3 is 2.35 bits per heavy atom. The van der Waals surface area contributed by atoms with Crippen LogP contribution in [-0.4, -0.2) is 60.4 Å². The number of halogens is 1. The van der Waals surface area contributed by atoms with Gasteiger partial charge in [-0.1, -0.05) is 18.5 Å². The number of piperazine rings is 1. The number of Topliss-reactive ketones (excluding diaryl/α,β-unsaturated/α-hetero) is 1. The molecular weight excluding hydrogens is 314 g/mol. The second kappa shape index (κ2) is 8.31. The zero-order valence-corrected chi connectivity index (χ0v) is 14.5. The monoisotopic (exact) mass is 337 g/mol. The highest BCUT2D eigenvalue weighted by Crippen LogP contribution is 2.11. The largest absolute Gasteiger partial charge is 0.336 e. The molecule has 1 heterocycles. The van der Waals surface area contributed by atoms with Crippen molar-refractivity contribution in [2.45, 2.75) is 26.3 Å². The van der Waals surface area contributed by atoms with Crippen molar-refractivity contribution in [1.29, 1.82) is 0 Å². The van der Waals surface area contributed by atoms with Crippen LogP contribution in [0, 0.1) is 0 Å². The Hall–Kier alpha value is -1.59. The summed E-state index contributed by atoms with van der Waals surface area (Å²) < 4.78 is 0.